The fourth-order valence-electron chi connectivity index (χ4n) is 0.333. The zero-order valence-corrected chi connectivity index (χ0v) is 6.44. The molecule has 5 heteroatoms. The number of nitrogens with two attached hydrogens (primary N) is 1. The van der Waals surface area contributed by atoms with Gasteiger partial charge in [0.2, 0.25) is 0 Å². The van der Waals surface area contributed by atoms with E-state index in [9.17, 15) is 9.59 Å². The van der Waals surface area contributed by atoms with Gasteiger partial charge in [0.05, 0.1) is 6.61 Å². The summed E-state index contributed by atoms with van der Waals surface area (Å²) in [5, 5.41) is -0.562. The number of thioether (sulfide) groups is 1. The second-order valence-corrected chi connectivity index (χ2v) is 2.39. The third-order valence-corrected chi connectivity index (χ3v) is 1.30. The Morgan fingerprint density at radius 1 is 1.60 bits per heavy atom. The Kier molecular flexibility index (Phi) is 4.74. The predicted molar refractivity (Wildman–Crippen MR) is 38.7 cm³/mol. The summed E-state index contributed by atoms with van der Waals surface area (Å²) >= 11 is 0.744. The first kappa shape index (κ1) is 9.29. The van der Waals surface area contributed by atoms with Crippen molar-refractivity contribution >= 4 is 23.0 Å². The number of carbonyl (C=O) groups is 2. The molecular formula is C5H9NO3S. The normalized spacial score (nSPS) is 8.90. The monoisotopic (exact) mass is 163 g/mol. The molecule has 58 valence electrons. The van der Waals surface area contributed by atoms with Gasteiger partial charge in [-0.05, 0) is 6.92 Å². The number of esters is 1. The van der Waals surface area contributed by atoms with Crippen LogP contribution < -0.4 is 5.73 Å². The maximum absolute atomic E-state index is 10.5. The highest BCUT2D eigenvalue weighted by Gasteiger charge is 2.03. The average molecular weight is 163 g/mol. The fourth-order valence-corrected chi connectivity index (χ4v) is 0.676. The van der Waals surface area contributed by atoms with Gasteiger partial charge in [0.15, 0.2) is 0 Å². The SMILES string of the molecule is CCOC(=O)CSC(N)=O. The molecule has 0 aliphatic carbocycles. The summed E-state index contributed by atoms with van der Waals surface area (Å²) in [7, 11) is 0. The molecule has 4 nitrogen and oxygen atoms in total. The van der Waals surface area contributed by atoms with Gasteiger partial charge in [-0.1, -0.05) is 11.8 Å². The van der Waals surface area contributed by atoms with E-state index in [1.54, 1.807) is 6.92 Å². The van der Waals surface area contributed by atoms with Crippen LogP contribution in [0.3, 0.4) is 0 Å². The fraction of sp³-hybridized carbons (Fsp3) is 0.600. The molecule has 0 aromatic rings. The molecule has 10 heavy (non-hydrogen) atoms. The number of hydrogen-bond donors (Lipinski definition) is 1. The number of amides is 1. The largest absolute Gasteiger partial charge is 0.465 e. The molecule has 0 fully saturated rings. The van der Waals surface area contributed by atoms with Crippen LogP contribution in [0.2, 0.25) is 0 Å². The molecular weight excluding hydrogens is 154 g/mol. The molecule has 0 spiro atoms. The molecule has 0 heterocycles. The van der Waals surface area contributed by atoms with Crippen molar-refractivity contribution in [3.05, 3.63) is 0 Å². The van der Waals surface area contributed by atoms with E-state index in [4.69, 9.17) is 5.73 Å². The van der Waals surface area contributed by atoms with Gasteiger partial charge < -0.3 is 10.5 Å². The third-order valence-electron chi connectivity index (χ3n) is 0.638. The number of hydrogen-bond acceptors (Lipinski definition) is 4. The molecule has 0 atom stereocenters. The molecule has 0 unspecified atom stereocenters. The van der Waals surface area contributed by atoms with Gasteiger partial charge in [-0.15, -0.1) is 0 Å². The molecule has 0 aliphatic rings. The van der Waals surface area contributed by atoms with Crippen molar-refractivity contribution in [1.82, 2.24) is 0 Å². The molecule has 0 bridgehead atoms. The minimum atomic E-state index is -0.562. The lowest BCUT2D eigenvalue weighted by atomic mass is 10.8. The van der Waals surface area contributed by atoms with Gasteiger partial charge in [0.1, 0.15) is 5.75 Å². The smallest absolute Gasteiger partial charge is 0.316 e. The first-order chi connectivity index (χ1) is 4.66. The van der Waals surface area contributed by atoms with Crippen LogP contribution in [0.25, 0.3) is 0 Å². The minimum absolute atomic E-state index is 0.00315. The predicted octanol–water partition coefficient (Wildman–Crippen LogP) is 0.361. The second-order valence-electron chi connectivity index (χ2n) is 1.41. The van der Waals surface area contributed by atoms with E-state index in [0.29, 0.717) is 6.61 Å². The lowest BCUT2D eigenvalue weighted by Crippen LogP contribution is -2.11. The number of rotatable bonds is 3. The van der Waals surface area contributed by atoms with E-state index in [1.165, 1.54) is 0 Å². The Hall–Kier alpha value is -0.710. The van der Waals surface area contributed by atoms with Crippen LogP contribution in [0.15, 0.2) is 0 Å². The summed E-state index contributed by atoms with van der Waals surface area (Å²) in [6, 6.07) is 0. The second kappa shape index (κ2) is 5.10. The Morgan fingerprint density at radius 2 is 2.20 bits per heavy atom. The van der Waals surface area contributed by atoms with E-state index < -0.39 is 11.2 Å². The van der Waals surface area contributed by atoms with E-state index in [0.717, 1.165) is 11.8 Å². The summed E-state index contributed by atoms with van der Waals surface area (Å²) in [5.41, 5.74) is 4.75. The van der Waals surface area contributed by atoms with Crippen LogP contribution in [0.5, 0.6) is 0 Å². The van der Waals surface area contributed by atoms with Gasteiger partial charge in [0.25, 0.3) is 5.24 Å². The average Bonchev–Trinajstić information content (AvgIpc) is 1.85. The van der Waals surface area contributed by atoms with Crippen LogP contribution >= 0.6 is 11.8 Å². The molecule has 0 saturated heterocycles. The molecule has 1 amide bonds. The summed E-state index contributed by atoms with van der Waals surface area (Å²) in [4.78, 5) is 20.6. The van der Waals surface area contributed by atoms with E-state index in [-0.39, 0.29) is 5.75 Å². The number of ether oxygens (including phenoxy) is 1. The summed E-state index contributed by atoms with van der Waals surface area (Å²) < 4.78 is 4.52. The van der Waals surface area contributed by atoms with Gasteiger partial charge >= 0.3 is 5.97 Å². The third kappa shape index (κ3) is 5.43. The molecule has 0 saturated carbocycles. The molecule has 0 radical (unpaired) electrons. The first-order valence-corrected chi connectivity index (χ1v) is 3.73. The van der Waals surface area contributed by atoms with Crippen molar-refractivity contribution in [2.24, 2.45) is 5.73 Å². The van der Waals surface area contributed by atoms with Crippen LogP contribution in [0.4, 0.5) is 4.79 Å². The number of primary amides is 1. The molecule has 2 N–H and O–H groups in total. The zero-order valence-electron chi connectivity index (χ0n) is 5.62. The van der Waals surface area contributed by atoms with Gasteiger partial charge in [-0.25, -0.2) is 0 Å². The minimum Gasteiger partial charge on any atom is -0.465 e. The maximum Gasteiger partial charge on any atom is 0.316 e. The van der Waals surface area contributed by atoms with Crippen LogP contribution in [-0.4, -0.2) is 23.6 Å². The lowest BCUT2D eigenvalue weighted by Gasteiger charge is -1.97. The van der Waals surface area contributed by atoms with Gasteiger partial charge in [-0.2, -0.15) is 0 Å². The Labute approximate surface area is 63.1 Å². The molecule has 0 aromatic heterocycles. The number of carbonyl (C=O) groups excluding carboxylic acids is 2. The van der Waals surface area contributed by atoms with Crippen LogP contribution in [-0.2, 0) is 9.53 Å². The lowest BCUT2D eigenvalue weighted by molar-refractivity contribution is -0.139. The topological polar surface area (TPSA) is 69.4 Å². The summed E-state index contributed by atoms with van der Waals surface area (Å²) in [5.74, 6) is -0.408. The molecule has 0 rings (SSSR count). The zero-order chi connectivity index (χ0) is 7.98. The highest BCUT2D eigenvalue weighted by Crippen LogP contribution is 1.98. The van der Waals surface area contributed by atoms with Crippen molar-refractivity contribution in [2.75, 3.05) is 12.4 Å². The van der Waals surface area contributed by atoms with E-state index >= 15 is 0 Å². The standard InChI is InChI=1S/C5H9NO3S/c1-2-9-4(7)3-10-5(6)8/h2-3H2,1H3,(H2,6,8). The first-order valence-electron chi connectivity index (χ1n) is 2.74. The Bertz CT molecular complexity index is 137. The van der Waals surface area contributed by atoms with Crippen LogP contribution in [0.1, 0.15) is 6.92 Å². The highest BCUT2D eigenvalue weighted by atomic mass is 32.2. The van der Waals surface area contributed by atoms with Crippen molar-refractivity contribution in [2.45, 2.75) is 6.92 Å². The molecule has 0 aromatic carbocycles. The van der Waals surface area contributed by atoms with E-state index in [1.807, 2.05) is 0 Å². The summed E-state index contributed by atoms with van der Waals surface area (Å²) in [6.07, 6.45) is 0. The molecule has 0 aliphatic heterocycles. The van der Waals surface area contributed by atoms with Crippen molar-refractivity contribution in [3.8, 4) is 0 Å². The Balaban J connectivity index is 3.30. The quantitative estimate of drug-likeness (QED) is 0.610. The van der Waals surface area contributed by atoms with E-state index in [2.05, 4.69) is 4.74 Å². The summed E-state index contributed by atoms with van der Waals surface area (Å²) in [6.45, 7) is 2.03. The van der Waals surface area contributed by atoms with Gasteiger partial charge in [-0.3, -0.25) is 9.59 Å². The maximum atomic E-state index is 10.5. The van der Waals surface area contributed by atoms with Crippen LogP contribution in [0, 0.1) is 0 Å². The Morgan fingerprint density at radius 3 is 2.60 bits per heavy atom. The van der Waals surface area contributed by atoms with Gasteiger partial charge in [0, 0.05) is 0 Å². The van der Waals surface area contributed by atoms with Crippen molar-refractivity contribution in [1.29, 1.82) is 0 Å². The van der Waals surface area contributed by atoms with Crippen molar-refractivity contribution < 1.29 is 14.3 Å². The van der Waals surface area contributed by atoms with Crippen molar-refractivity contribution in [3.63, 3.8) is 0 Å². The highest BCUT2D eigenvalue weighted by molar-refractivity contribution is 8.14.